The van der Waals surface area contributed by atoms with Crippen LogP contribution in [0, 0.1) is 23.7 Å². The van der Waals surface area contributed by atoms with E-state index in [1.807, 2.05) is 18.2 Å². The van der Waals surface area contributed by atoms with Gasteiger partial charge in [0.1, 0.15) is 0 Å². The number of halogens is 3. The topological polar surface area (TPSA) is 66.5 Å². The smallest absolute Gasteiger partial charge is 0.272 e. The zero-order valence-corrected chi connectivity index (χ0v) is 20.9. The van der Waals surface area contributed by atoms with E-state index in [1.165, 1.54) is 4.90 Å². The Bertz CT molecular complexity index is 944. The number of anilines is 1. The number of imide groups is 1. The van der Waals surface area contributed by atoms with Gasteiger partial charge in [-0.25, -0.2) is 0 Å². The molecule has 33 heavy (non-hydrogen) atoms. The predicted octanol–water partition coefficient (Wildman–Crippen LogP) is 5.58. The van der Waals surface area contributed by atoms with E-state index >= 15 is 0 Å². The van der Waals surface area contributed by atoms with Crippen molar-refractivity contribution in [3.05, 3.63) is 42.0 Å². The molecule has 2 aliphatic carbocycles. The molecule has 3 amide bonds. The molecule has 1 aromatic rings. The van der Waals surface area contributed by atoms with Gasteiger partial charge in [0.05, 0.1) is 17.5 Å². The molecule has 0 radical (unpaired) electrons. The highest BCUT2D eigenvalue weighted by Crippen LogP contribution is 2.52. The third kappa shape index (κ3) is 4.82. The quantitative estimate of drug-likeness (QED) is 0.225. The molecule has 0 unspecified atom stereocenters. The Morgan fingerprint density at radius 2 is 1.73 bits per heavy atom. The predicted molar refractivity (Wildman–Crippen MR) is 131 cm³/mol. The molecule has 1 N–H and O–H groups in total. The normalized spacial score (nSPS) is 29.0. The van der Waals surface area contributed by atoms with Crippen LogP contribution in [0.15, 0.2) is 42.0 Å². The maximum absolute atomic E-state index is 13.7. The number of benzene rings is 1. The maximum Gasteiger partial charge on any atom is 0.272 e. The Morgan fingerprint density at radius 3 is 2.39 bits per heavy atom. The summed E-state index contributed by atoms with van der Waals surface area (Å²) in [6, 6.07) is 8.73. The monoisotopic (exact) mass is 510 g/mol. The second-order valence-corrected chi connectivity index (χ2v) is 11.6. The fourth-order valence-corrected chi connectivity index (χ4v) is 6.00. The minimum absolute atomic E-state index is 0.0193. The van der Waals surface area contributed by atoms with Gasteiger partial charge in [-0.3, -0.25) is 19.3 Å². The van der Waals surface area contributed by atoms with Gasteiger partial charge < -0.3 is 5.32 Å². The molecular formula is C25H29Cl3N2O3. The van der Waals surface area contributed by atoms with E-state index in [2.05, 4.69) is 18.3 Å². The molecule has 2 fully saturated rings. The van der Waals surface area contributed by atoms with Crippen molar-refractivity contribution >= 4 is 58.2 Å². The highest BCUT2D eigenvalue weighted by molar-refractivity contribution is 6.76. The van der Waals surface area contributed by atoms with Gasteiger partial charge in [-0.05, 0) is 37.3 Å². The number of hydrogen-bond donors (Lipinski definition) is 1. The second kappa shape index (κ2) is 9.97. The van der Waals surface area contributed by atoms with Crippen molar-refractivity contribution < 1.29 is 14.4 Å². The first kappa shape index (κ1) is 24.6. The summed E-state index contributed by atoms with van der Waals surface area (Å²) in [4.78, 5) is 41.1. The van der Waals surface area contributed by atoms with Crippen LogP contribution in [0.4, 0.5) is 5.69 Å². The van der Waals surface area contributed by atoms with Crippen molar-refractivity contribution in [3.8, 4) is 0 Å². The molecule has 1 heterocycles. The lowest BCUT2D eigenvalue weighted by Gasteiger charge is -2.36. The number of allylic oxidation sites excluding steroid dienone is 1. The summed E-state index contributed by atoms with van der Waals surface area (Å²) in [6.45, 7) is 2.17. The number of hydrogen-bond acceptors (Lipinski definition) is 3. The molecule has 0 spiro atoms. The van der Waals surface area contributed by atoms with E-state index in [-0.39, 0.29) is 29.7 Å². The highest BCUT2D eigenvalue weighted by atomic mass is 35.6. The molecule has 178 valence electrons. The molecule has 1 aromatic carbocycles. The van der Waals surface area contributed by atoms with Crippen LogP contribution in [0.1, 0.15) is 51.9 Å². The third-order valence-corrected chi connectivity index (χ3v) is 7.77. The van der Waals surface area contributed by atoms with Gasteiger partial charge in [0, 0.05) is 12.0 Å². The zero-order valence-electron chi connectivity index (χ0n) is 18.6. The van der Waals surface area contributed by atoms with Crippen LogP contribution in [0.25, 0.3) is 0 Å². The Balaban J connectivity index is 1.66. The lowest BCUT2D eigenvalue weighted by molar-refractivity contribution is -0.125. The van der Waals surface area contributed by atoms with Crippen LogP contribution in [0.2, 0.25) is 0 Å². The minimum atomic E-state index is -2.08. The van der Waals surface area contributed by atoms with Gasteiger partial charge in [-0.2, -0.15) is 0 Å². The summed E-state index contributed by atoms with van der Waals surface area (Å²) in [5.74, 6) is -2.23. The first-order valence-electron chi connectivity index (χ1n) is 11.7. The van der Waals surface area contributed by atoms with Crippen molar-refractivity contribution in [2.24, 2.45) is 23.7 Å². The molecule has 0 aromatic heterocycles. The summed E-state index contributed by atoms with van der Waals surface area (Å²) in [5, 5.41) is 2.84. The summed E-state index contributed by atoms with van der Waals surface area (Å²) >= 11 is 17.4. The number of nitrogens with zero attached hydrogens (tertiary/aromatic N) is 1. The molecule has 8 heteroatoms. The molecule has 3 aliphatic rings. The van der Waals surface area contributed by atoms with E-state index < -0.39 is 21.5 Å². The van der Waals surface area contributed by atoms with Crippen LogP contribution in [0.5, 0.6) is 0 Å². The average Bonchev–Trinajstić information content (AvgIpc) is 3.29. The number of rotatable bonds is 7. The van der Waals surface area contributed by atoms with Gasteiger partial charge in [-0.15, -0.1) is 0 Å². The number of para-hydroxylation sites is 1. The van der Waals surface area contributed by atoms with Crippen molar-refractivity contribution in [1.82, 2.24) is 5.32 Å². The molecule has 1 aliphatic heterocycles. The molecule has 1 saturated carbocycles. The molecular weight excluding hydrogens is 483 g/mol. The van der Waals surface area contributed by atoms with Gasteiger partial charge in [0.25, 0.3) is 9.70 Å². The number of carbonyl (C=O) groups is 3. The highest BCUT2D eigenvalue weighted by Gasteiger charge is 2.59. The Hall–Kier alpha value is -1.56. The zero-order chi connectivity index (χ0) is 23.8. The lowest BCUT2D eigenvalue weighted by Crippen LogP contribution is -2.48. The van der Waals surface area contributed by atoms with Crippen molar-refractivity contribution in [2.45, 2.75) is 61.7 Å². The van der Waals surface area contributed by atoms with Gasteiger partial charge >= 0.3 is 0 Å². The van der Waals surface area contributed by atoms with Gasteiger partial charge in [0.2, 0.25) is 11.8 Å². The van der Waals surface area contributed by atoms with E-state index in [9.17, 15) is 14.4 Å². The summed E-state index contributed by atoms with van der Waals surface area (Å²) < 4.78 is -2.08. The molecule has 4 rings (SSSR count). The third-order valence-electron chi connectivity index (χ3n) is 7.26. The van der Waals surface area contributed by atoms with E-state index in [1.54, 1.807) is 12.1 Å². The average molecular weight is 512 g/mol. The largest absolute Gasteiger partial charge is 0.349 e. The van der Waals surface area contributed by atoms with Crippen molar-refractivity contribution in [1.29, 1.82) is 0 Å². The van der Waals surface area contributed by atoms with Gasteiger partial charge in [0.15, 0.2) is 0 Å². The Labute approximate surface area is 209 Å². The first-order valence-corrected chi connectivity index (χ1v) is 12.9. The van der Waals surface area contributed by atoms with Crippen LogP contribution in [-0.2, 0) is 14.4 Å². The molecule has 1 saturated heterocycles. The maximum atomic E-state index is 13.7. The summed E-state index contributed by atoms with van der Waals surface area (Å²) in [5.41, 5.74) is 1.73. The number of fused-ring (bicyclic) bond motifs is 3. The number of alkyl halides is 3. The SMILES string of the molecule is CCCCCC[C@H]1C=C2CC[C@@H](NC(=O)C(Cl)(Cl)Cl)[C@H]2[C@H]2C(=O)N(c3ccccc3)C(=O)[C@H]21. The van der Waals surface area contributed by atoms with E-state index in [0.29, 0.717) is 12.1 Å². The van der Waals surface area contributed by atoms with Crippen LogP contribution < -0.4 is 10.2 Å². The van der Waals surface area contributed by atoms with Crippen LogP contribution >= 0.6 is 34.8 Å². The number of amides is 3. The van der Waals surface area contributed by atoms with E-state index in [0.717, 1.165) is 44.1 Å². The van der Waals surface area contributed by atoms with Crippen LogP contribution in [0.3, 0.4) is 0 Å². The second-order valence-electron chi connectivity index (χ2n) is 9.30. The fraction of sp³-hybridized carbons (Fsp3) is 0.560. The first-order chi connectivity index (χ1) is 15.7. The number of carbonyl (C=O) groups excluding carboxylic acids is 3. The van der Waals surface area contributed by atoms with Crippen molar-refractivity contribution in [3.63, 3.8) is 0 Å². The molecule has 5 nitrogen and oxygen atoms in total. The van der Waals surface area contributed by atoms with Crippen LogP contribution in [-0.4, -0.2) is 27.6 Å². The van der Waals surface area contributed by atoms with Crippen molar-refractivity contribution in [2.75, 3.05) is 4.90 Å². The fourth-order valence-electron chi connectivity index (χ4n) is 5.83. The standard InChI is InChI=1S/C25H29Cl3N2O3/c1-2-3-4-6-9-15-14-16-12-13-18(29-24(33)25(26,27)28)19(16)21-20(15)22(31)30(23(21)32)17-10-7-5-8-11-17/h5,7-8,10-11,14-15,18-21H,2-4,6,9,12-13H2,1H3,(H,29,33)/t15-,18+,19-,20-,21+/m0/s1. The molecule has 5 atom stereocenters. The summed E-state index contributed by atoms with van der Waals surface area (Å²) in [7, 11) is 0. The molecule has 0 bridgehead atoms. The van der Waals surface area contributed by atoms with Gasteiger partial charge in [-0.1, -0.05) is 97.3 Å². The number of unbranched alkanes of at least 4 members (excludes halogenated alkanes) is 3. The number of nitrogens with one attached hydrogen (secondary N) is 1. The summed E-state index contributed by atoms with van der Waals surface area (Å²) in [6.07, 6.45) is 8.94. The lowest BCUT2D eigenvalue weighted by atomic mass is 9.67. The minimum Gasteiger partial charge on any atom is -0.349 e. The Kier molecular flexibility index (Phi) is 7.42. The van der Waals surface area contributed by atoms with E-state index in [4.69, 9.17) is 34.8 Å². The Morgan fingerprint density at radius 1 is 1.03 bits per heavy atom.